The number of H-pyrrole nitrogens is 1. The van der Waals surface area contributed by atoms with E-state index in [2.05, 4.69) is 15.0 Å². The molecule has 0 radical (unpaired) electrons. The Morgan fingerprint density at radius 1 is 0.743 bits per heavy atom. The van der Waals surface area contributed by atoms with Crippen molar-refractivity contribution in [2.75, 3.05) is 0 Å². The lowest BCUT2D eigenvalue weighted by atomic mass is 10.1. The van der Waals surface area contributed by atoms with Crippen molar-refractivity contribution in [3.8, 4) is 45.7 Å². The summed E-state index contributed by atoms with van der Waals surface area (Å²) in [5.41, 5.74) is 10.8. The van der Waals surface area contributed by atoms with E-state index >= 15 is 0 Å². The highest BCUT2D eigenvalue weighted by atomic mass is 16.1. The Morgan fingerprint density at radius 2 is 1.54 bits per heavy atom. The molecule has 5 N–H and O–H groups in total. The van der Waals surface area contributed by atoms with E-state index in [9.17, 15) is 4.79 Å². The largest absolute Gasteiger partial charge is 0.412 e. The van der Waals surface area contributed by atoms with E-state index in [-0.39, 0.29) is 5.48 Å². The number of nitrogens with one attached hydrogen (secondary N) is 1. The summed E-state index contributed by atoms with van der Waals surface area (Å²) in [4.78, 5) is 38.4. The van der Waals surface area contributed by atoms with Crippen molar-refractivity contribution < 1.29 is 10.3 Å². The van der Waals surface area contributed by atoms with E-state index in [1.807, 2.05) is 48.5 Å². The number of aromatic nitrogens is 6. The van der Waals surface area contributed by atoms with Crippen molar-refractivity contribution in [3.63, 3.8) is 0 Å². The third-order valence-electron chi connectivity index (χ3n) is 5.57. The van der Waals surface area contributed by atoms with Crippen LogP contribution in [0.25, 0.3) is 56.6 Å². The molecular weight excluding hydrogens is 442 g/mol. The smallest absolute Gasteiger partial charge is 0.248 e. The number of fused-ring (bicyclic) bond motifs is 3. The molecule has 9 nitrogen and oxygen atoms in total. The second kappa shape index (κ2) is 8.73. The van der Waals surface area contributed by atoms with Gasteiger partial charge in [-0.05, 0) is 36.4 Å². The number of benzene rings is 2. The third-order valence-corrected chi connectivity index (χ3v) is 5.57. The summed E-state index contributed by atoms with van der Waals surface area (Å²) in [5, 5.41) is 0.919. The Hall–Kier alpha value is -5.02. The first kappa shape index (κ1) is 21.8. The molecule has 0 saturated carbocycles. The molecule has 0 saturated heterocycles. The molecule has 0 bridgehead atoms. The monoisotopic (exact) mass is 461 g/mol. The van der Waals surface area contributed by atoms with Crippen LogP contribution in [0.5, 0.6) is 0 Å². The first-order chi connectivity index (χ1) is 16.7. The van der Waals surface area contributed by atoms with Crippen LogP contribution in [0.3, 0.4) is 0 Å². The fraction of sp³-hybridized carbons (Fsp3) is 0. The van der Waals surface area contributed by atoms with Gasteiger partial charge in [0.1, 0.15) is 17.2 Å². The SMILES string of the molecule is NC(=O)c1ccc(-c2nc(-c3ccccn3)c(-c3nc4ccnc-4c4ccccc4n3)[nH]2)cc1.O. The van der Waals surface area contributed by atoms with Gasteiger partial charge >= 0.3 is 0 Å². The van der Waals surface area contributed by atoms with E-state index in [0.717, 1.165) is 27.9 Å². The number of aromatic amines is 1. The molecule has 0 aliphatic carbocycles. The van der Waals surface area contributed by atoms with Gasteiger partial charge in [0.05, 0.1) is 22.6 Å². The van der Waals surface area contributed by atoms with Gasteiger partial charge in [-0.3, -0.25) is 14.8 Å². The molecule has 2 aromatic carbocycles. The summed E-state index contributed by atoms with van der Waals surface area (Å²) in [5.74, 6) is 0.598. The number of pyridine rings is 1. The second-order valence-corrected chi connectivity index (χ2v) is 7.71. The minimum absolute atomic E-state index is 0. The van der Waals surface area contributed by atoms with Gasteiger partial charge in [0.15, 0.2) is 5.82 Å². The van der Waals surface area contributed by atoms with Crippen molar-refractivity contribution in [1.82, 2.24) is 29.9 Å². The highest BCUT2D eigenvalue weighted by Gasteiger charge is 2.20. The molecule has 0 atom stereocenters. The van der Waals surface area contributed by atoms with E-state index in [1.54, 1.807) is 36.7 Å². The molecule has 2 aliphatic heterocycles. The van der Waals surface area contributed by atoms with Gasteiger partial charge in [-0.1, -0.05) is 36.4 Å². The number of nitrogens with zero attached hydrogens (tertiary/aromatic N) is 5. The molecule has 2 aromatic heterocycles. The number of hydrogen-bond acceptors (Lipinski definition) is 6. The van der Waals surface area contributed by atoms with Crippen LogP contribution in [0.4, 0.5) is 0 Å². The number of rotatable bonds is 4. The predicted molar refractivity (Wildman–Crippen MR) is 132 cm³/mol. The zero-order chi connectivity index (χ0) is 23.1. The Bertz CT molecular complexity index is 1630. The predicted octanol–water partition coefficient (Wildman–Crippen LogP) is 3.52. The average Bonchev–Trinajstić information content (AvgIpc) is 3.49. The van der Waals surface area contributed by atoms with Crippen LogP contribution < -0.4 is 5.73 Å². The van der Waals surface area contributed by atoms with Crippen LogP contribution >= 0.6 is 0 Å². The fourth-order valence-electron chi connectivity index (χ4n) is 3.91. The number of nitrogens with two attached hydrogens (primary N) is 1. The number of carbonyl (C=O) groups excluding carboxylic acids is 1. The number of primary amides is 1. The lowest BCUT2D eigenvalue weighted by Crippen LogP contribution is -2.10. The highest BCUT2D eigenvalue weighted by Crippen LogP contribution is 2.33. The normalized spacial score (nSPS) is 10.9. The van der Waals surface area contributed by atoms with Crippen LogP contribution in [0, 0.1) is 0 Å². The maximum Gasteiger partial charge on any atom is 0.248 e. The second-order valence-electron chi connectivity index (χ2n) is 7.71. The molecule has 35 heavy (non-hydrogen) atoms. The Morgan fingerprint density at radius 3 is 2.31 bits per heavy atom. The van der Waals surface area contributed by atoms with E-state index in [1.165, 1.54) is 0 Å². The molecule has 6 rings (SSSR count). The lowest BCUT2D eigenvalue weighted by molar-refractivity contribution is 0.100. The van der Waals surface area contributed by atoms with Gasteiger partial charge in [0.2, 0.25) is 5.91 Å². The highest BCUT2D eigenvalue weighted by molar-refractivity contribution is 5.94. The molecule has 170 valence electrons. The van der Waals surface area contributed by atoms with Crippen LogP contribution in [-0.2, 0) is 0 Å². The average molecular weight is 461 g/mol. The summed E-state index contributed by atoms with van der Waals surface area (Å²) in [6.45, 7) is 0. The maximum absolute atomic E-state index is 11.5. The minimum Gasteiger partial charge on any atom is -0.412 e. The van der Waals surface area contributed by atoms with Crippen LogP contribution in [0.15, 0.2) is 85.2 Å². The molecule has 9 heteroatoms. The van der Waals surface area contributed by atoms with Crippen molar-refractivity contribution in [3.05, 3.63) is 90.8 Å². The molecule has 0 fully saturated rings. The number of imidazole rings is 1. The lowest BCUT2D eigenvalue weighted by Gasteiger charge is -2.00. The number of para-hydroxylation sites is 1. The minimum atomic E-state index is -0.481. The van der Waals surface area contributed by atoms with E-state index < -0.39 is 5.91 Å². The zero-order valence-electron chi connectivity index (χ0n) is 18.3. The number of amides is 1. The maximum atomic E-state index is 11.5. The third kappa shape index (κ3) is 3.85. The first-order valence-corrected chi connectivity index (χ1v) is 10.6. The van der Waals surface area contributed by atoms with E-state index in [4.69, 9.17) is 20.7 Å². The zero-order valence-corrected chi connectivity index (χ0v) is 18.3. The Labute approximate surface area is 199 Å². The summed E-state index contributed by atoms with van der Waals surface area (Å²) < 4.78 is 0. The van der Waals surface area contributed by atoms with Gasteiger partial charge in [-0.2, -0.15) is 0 Å². The van der Waals surface area contributed by atoms with E-state index in [0.29, 0.717) is 34.3 Å². The summed E-state index contributed by atoms with van der Waals surface area (Å²) in [6.07, 6.45) is 3.46. The van der Waals surface area contributed by atoms with Gasteiger partial charge in [0, 0.05) is 28.9 Å². The van der Waals surface area contributed by atoms with Crippen molar-refractivity contribution in [2.24, 2.45) is 5.73 Å². The van der Waals surface area contributed by atoms with Gasteiger partial charge in [-0.25, -0.2) is 15.0 Å². The van der Waals surface area contributed by atoms with Crippen LogP contribution in [0.1, 0.15) is 10.4 Å². The summed E-state index contributed by atoms with van der Waals surface area (Å²) in [7, 11) is 0. The van der Waals surface area contributed by atoms with Crippen LogP contribution in [0.2, 0.25) is 0 Å². The molecule has 2 aliphatic rings. The number of carbonyl (C=O) groups is 1. The van der Waals surface area contributed by atoms with Crippen molar-refractivity contribution >= 4 is 16.8 Å². The van der Waals surface area contributed by atoms with Crippen molar-refractivity contribution in [1.29, 1.82) is 0 Å². The quantitative estimate of drug-likeness (QED) is 0.409. The van der Waals surface area contributed by atoms with Crippen molar-refractivity contribution in [2.45, 2.75) is 0 Å². The van der Waals surface area contributed by atoms with Gasteiger partial charge < -0.3 is 16.2 Å². The standard InChI is InChI=1S/C26H17N7O.H2O/c27-24(34)15-8-10-16(11-9-15)25-32-22(19-7-3-4-13-28-19)23(33-25)26-30-18-6-2-1-5-17(18)21-20(31-26)12-14-29-21;/h1-14H,(H2,27,34)(H,32,33);1H2. The van der Waals surface area contributed by atoms with Crippen LogP contribution in [-0.4, -0.2) is 41.3 Å². The molecule has 1 amide bonds. The summed E-state index contributed by atoms with van der Waals surface area (Å²) >= 11 is 0. The molecule has 4 heterocycles. The molecular formula is C26H19N7O2. The molecule has 4 aromatic rings. The van der Waals surface area contributed by atoms with Gasteiger partial charge in [-0.15, -0.1) is 0 Å². The molecule has 0 unspecified atom stereocenters. The summed E-state index contributed by atoms with van der Waals surface area (Å²) in [6, 6.07) is 22.3. The topological polar surface area (TPSA) is 155 Å². The Kier molecular flexibility index (Phi) is 5.44. The fourth-order valence-corrected chi connectivity index (χ4v) is 3.91. The molecule has 0 spiro atoms. The van der Waals surface area contributed by atoms with Gasteiger partial charge in [0.25, 0.3) is 0 Å². The number of hydrogen-bond donors (Lipinski definition) is 2. The first-order valence-electron chi connectivity index (χ1n) is 10.6. The Balaban J connectivity index is 0.00000253.